The molecule has 11 heteroatoms. The van der Waals surface area contributed by atoms with Crippen LogP contribution in [0, 0.1) is 5.92 Å². The predicted octanol–water partition coefficient (Wildman–Crippen LogP) is 5.53. The molecule has 0 bridgehead atoms. The Bertz CT molecular complexity index is 1460. The van der Waals surface area contributed by atoms with Gasteiger partial charge in [0.15, 0.2) is 17.6 Å². The summed E-state index contributed by atoms with van der Waals surface area (Å²) in [5.74, 6) is -2.44. The molecule has 1 amide bonds. The van der Waals surface area contributed by atoms with Gasteiger partial charge in [0.25, 0.3) is 5.91 Å². The Morgan fingerprint density at radius 3 is 2.46 bits per heavy atom. The molecule has 1 saturated carbocycles. The Morgan fingerprint density at radius 2 is 1.80 bits per heavy atom. The summed E-state index contributed by atoms with van der Waals surface area (Å²) in [6.45, 7) is 2.82. The summed E-state index contributed by atoms with van der Waals surface area (Å²) in [5, 5.41) is 17.1. The van der Waals surface area contributed by atoms with Gasteiger partial charge in [0.2, 0.25) is 5.78 Å². The summed E-state index contributed by atoms with van der Waals surface area (Å²) in [4.78, 5) is 40.0. The number of aryl methyl sites for hydroxylation is 1. The van der Waals surface area contributed by atoms with Gasteiger partial charge >= 0.3 is 5.97 Å². The Kier molecular flexibility index (Phi) is 8.45. The van der Waals surface area contributed by atoms with E-state index in [9.17, 15) is 19.5 Å². The summed E-state index contributed by atoms with van der Waals surface area (Å²) >= 11 is 6.46. The zero-order valence-electron chi connectivity index (χ0n) is 23.1. The molecule has 2 N–H and O–H groups in total. The molecule has 2 fully saturated rings. The number of carbonyl (C=O) groups excluding carboxylic acids is 2. The first-order valence-electron chi connectivity index (χ1n) is 13.9. The molecule has 0 spiro atoms. The van der Waals surface area contributed by atoms with Gasteiger partial charge in [0.1, 0.15) is 0 Å². The maximum Gasteiger partial charge on any atom is 0.306 e. The molecule has 2 unspecified atom stereocenters. The minimum atomic E-state index is -2.02. The lowest BCUT2D eigenvalue weighted by Crippen LogP contribution is -2.56. The third-order valence-corrected chi connectivity index (χ3v) is 8.64. The van der Waals surface area contributed by atoms with E-state index in [0.29, 0.717) is 44.2 Å². The molecule has 5 rings (SSSR count). The number of aliphatic carboxylic acids is 1. The molecule has 218 valence electrons. The second kappa shape index (κ2) is 11.9. The largest absolute Gasteiger partial charge is 0.481 e. The number of ether oxygens (including phenoxy) is 1. The maximum absolute atomic E-state index is 15.9. The molecule has 2 aliphatic rings. The molecule has 3 aromatic rings. The number of fused-ring (bicyclic) bond motifs is 1. The number of carbonyl (C=O) groups is 3. The van der Waals surface area contributed by atoms with Gasteiger partial charge in [-0.3, -0.25) is 24.0 Å². The highest BCUT2D eigenvalue weighted by Gasteiger charge is 2.47. The number of carboxylic acid groups (broad SMARTS) is 1. The van der Waals surface area contributed by atoms with Gasteiger partial charge in [0.05, 0.1) is 28.2 Å². The number of nitrogens with one attached hydrogen (secondary N) is 1. The van der Waals surface area contributed by atoms with Crippen molar-refractivity contribution in [2.24, 2.45) is 13.0 Å². The standard InChI is InChI=1S/C30H34ClFN4O5/c1-30(36-15-5-6-16-36,41-20-12-9-18(10-13-20)29(39)40)27(37)25(32)19-11-14-23(22(31)17-19)33-28(38)26-21-7-3-4-8-24(21)35(2)34-26/h3-4,7-8,11,14,17-18,20,25H,5-6,9-10,12-13,15-16H2,1-2H3,(H,33,38)(H,39,40). The number of hydrogen-bond donors (Lipinski definition) is 2. The zero-order chi connectivity index (χ0) is 29.3. The highest BCUT2D eigenvalue weighted by molar-refractivity contribution is 6.34. The van der Waals surface area contributed by atoms with Crippen LogP contribution in [0.1, 0.15) is 67.7 Å². The monoisotopic (exact) mass is 584 g/mol. The van der Waals surface area contributed by atoms with Gasteiger partial charge in [-0.25, -0.2) is 4.39 Å². The van der Waals surface area contributed by atoms with Crippen molar-refractivity contribution in [1.29, 1.82) is 0 Å². The van der Waals surface area contributed by atoms with E-state index in [-0.39, 0.29) is 28.1 Å². The number of anilines is 1. The highest BCUT2D eigenvalue weighted by Crippen LogP contribution is 2.37. The number of hydrogen-bond acceptors (Lipinski definition) is 6. The number of likely N-dealkylation sites (tertiary alicyclic amines) is 1. The van der Waals surface area contributed by atoms with Gasteiger partial charge in [-0.05, 0) is 69.2 Å². The molecule has 1 saturated heterocycles. The van der Waals surface area contributed by atoms with Crippen LogP contribution in [0.4, 0.5) is 10.1 Å². The van der Waals surface area contributed by atoms with Gasteiger partial charge in [0, 0.05) is 25.5 Å². The van der Waals surface area contributed by atoms with E-state index in [2.05, 4.69) is 10.4 Å². The van der Waals surface area contributed by atoms with Crippen LogP contribution >= 0.6 is 11.6 Å². The highest BCUT2D eigenvalue weighted by atomic mass is 35.5. The van der Waals surface area contributed by atoms with Gasteiger partial charge in [-0.2, -0.15) is 5.10 Å². The van der Waals surface area contributed by atoms with Crippen molar-refractivity contribution in [2.75, 3.05) is 18.4 Å². The van der Waals surface area contributed by atoms with Crippen LogP contribution < -0.4 is 5.32 Å². The Morgan fingerprint density at radius 1 is 1.12 bits per heavy atom. The molecule has 2 heterocycles. The summed E-state index contributed by atoms with van der Waals surface area (Å²) in [5.41, 5.74) is -0.141. The zero-order valence-corrected chi connectivity index (χ0v) is 23.9. The van der Waals surface area contributed by atoms with Gasteiger partial charge in [-0.1, -0.05) is 35.9 Å². The number of para-hydroxylation sites is 1. The van der Waals surface area contributed by atoms with Crippen molar-refractivity contribution >= 4 is 45.9 Å². The number of halogens is 2. The number of amides is 1. The van der Waals surface area contributed by atoms with E-state index in [0.717, 1.165) is 18.4 Å². The minimum absolute atomic E-state index is 0.0601. The van der Waals surface area contributed by atoms with Crippen molar-refractivity contribution in [3.05, 3.63) is 58.7 Å². The SMILES string of the molecule is Cn1nc(C(=O)Nc2ccc(C(F)C(=O)C(C)(OC3CCC(C(=O)O)CC3)N3CCCC3)cc2Cl)c2ccccc21. The third kappa shape index (κ3) is 5.86. The van der Waals surface area contributed by atoms with Crippen molar-refractivity contribution < 1.29 is 28.6 Å². The summed E-state index contributed by atoms with van der Waals surface area (Å²) in [6, 6.07) is 11.6. The molecule has 2 atom stereocenters. The smallest absolute Gasteiger partial charge is 0.306 e. The lowest BCUT2D eigenvalue weighted by molar-refractivity contribution is -0.194. The van der Waals surface area contributed by atoms with E-state index in [4.69, 9.17) is 16.3 Å². The number of ketones is 1. The summed E-state index contributed by atoms with van der Waals surface area (Å²) in [6.07, 6.45) is 1.31. The van der Waals surface area contributed by atoms with E-state index >= 15 is 4.39 Å². The van der Waals surface area contributed by atoms with Crippen LogP contribution in [0.15, 0.2) is 42.5 Å². The maximum atomic E-state index is 15.9. The van der Waals surface area contributed by atoms with Crippen molar-refractivity contribution in [1.82, 2.24) is 14.7 Å². The third-order valence-electron chi connectivity index (χ3n) is 8.32. The molecule has 2 aromatic carbocycles. The number of benzene rings is 2. The molecule has 1 aliphatic carbocycles. The van der Waals surface area contributed by atoms with Crippen molar-refractivity contribution in [2.45, 2.75) is 63.4 Å². The predicted molar refractivity (Wildman–Crippen MR) is 153 cm³/mol. The Balaban J connectivity index is 1.32. The van der Waals surface area contributed by atoms with Crippen LogP contribution in [-0.4, -0.2) is 62.4 Å². The van der Waals surface area contributed by atoms with Crippen LogP contribution in [0.25, 0.3) is 10.9 Å². The number of Topliss-reactive ketones (excluding diaryl/α,β-unsaturated/α-hetero) is 1. The molecular formula is C30H34ClFN4O5. The number of rotatable bonds is 9. The van der Waals surface area contributed by atoms with Crippen molar-refractivity contribution in [3.8, 4) is 0 Å². The number of aromatic nitrogens is 2. The van der Waals surface area contributed by atoms with E-state index in [1.807, 2.05) is 23.1 Å². The first-order chi connectivity index (χ1) is 19.6. The van der Waals surface area contributed by atoms with Crippen LogP contribution in [-0.2, 0) is 21.4 Å². The first-order valence-corrected chi connectivity index (χ1v) is 14.3. The van der Waals surface area contributed by atoms with Crippen LogP contribution in [0.2, 0.25) is 5.02 Å². The Labute approximate surface area is 242 Å². The van der Waals surface area contributed by atoms with Gasteiger partial charge in [-0.15, -0.1) is 0 Å². The average Bonchev–Trinajstić information content (AvgIpc) is 3.63. The molecule has 1 aliphatic heterocycles. The van der Waals surface area contributed by atoms with Crippen LogP contribution in [0.5, 0.6) is 0 Å². The second-order valence-corrected chi connectivity index (χ2v) is 11.4. The summed E-state index contributed by atoms with van der Waals surface area (Å²) in [7, 11) is 1.75. The van der Waals surface area contributed by atoms with Crippen LogP contribution in [0.3, 0.4) is 0 Å². The number of nitrogens with zero attached hydrogens (tertiary/aromatic N) is 3. The fourth-order valence-corrected chi connectivity index (χ4v) is 6.16. The molecule has 9 nitrogen and oxygen atoms in total. The lowest BCUT2D eigenvalue weighted by Gasteiger charge is -2.41. The number of carboxylic acids is 1. The van der Waals surface area contributed by atoms with Gasteiger partial charge < -0.3 is 15.2 Å². The second-order valence-electron chi connectivity index (χ2n) is 11.0. The average molecular weight is 585 g/mol. The fraction of sp³-hybridized carbons (Fsp3) is 0.467. The molecule has 1 aromatic heterocycles. The van der Waals surface area contributed by atoms with Crippen molar-refractivity contribution in [3.63, 3.8) is 0 Å². The molecular weight excluding hydrogens is 551 g/mol. The quantitative estimate of drug-likeness (QED) is 0.340. The normalized spacial score (nSPS) is 21.9. The van der Waals surface area contributed by atoms with E-state index in [1.54, 1.807) is 24.7 Å². The summed E-state index contributed by atoms with van der Waals surface area (Å²) < 4.78 is 23.9. The van der Waals surface area contributed by atoms with E-state index in [1.165, 1.54) is 18.2 Å². The molecule has 0 radical (unpaired) electrons. The Hall–Kier alpha value is -3.34. The minimum Gasteiger partial charge on any atom is -0.481 e. The topological polar surface area (TPSA) is 114 Å². The molecule has 41 heavy (non-hydrogen) atoms. The van der Waals surface area contributed by atoms with E-state index < -0.39 is 35.5 Å². The number of alkyl halides is 1. The first kappa shape index (κ1) is 29.2. The fourth-order valence-electron chi connectivity index (χ4n) is 5.92. The lowest BCUT2D eigenvalue weighted by atomic mass is 9.87.